The van der Waals surface area contributed by atoms with Gasteiger partial charge < -0.3 is 9.47 Å². The quantitative estimate of drug-likeness (QED) is 0.0476. The Morgan fingerprint density at radius 3 is 2.00 bits per heavy atom. The summed E-state index contributed by atoms with van der Waals surface area (Å²) in [6, 6.07) is 15.2. The Labute approximate surface area is 228 Å². The van der Waals surface area contributed by atoms with Gasteiger partial charge in [-0.1, -0.05) is 45.0 Å². The zero-order valence-electron chi connectivity index (χ0n) is 20.4. The van der Waals surface area contributed by atoms with Crippen molar-refractivity contribution in [3.8, 4) is 16.2 Å². The van der Waals surface area contributed by atoms with Crippen LogP contribution in [0.4, 0.5) is 0 Å². The van der Waals surface area contributed by atoms with Crippen LogP contribution in [0.15, 0.2) is 54.6 Å². The number of hydrogen-bond acceptors (Lipinski definition) is 11. The third kappa shape index (κ3) is 9.22. The maximum absolute atomic E-state index is 12.5. The van der Waals surface area contributed by atoms with E-state index in [1.54, 1.807) is 36.3 Å². The Bertz CT molecular complexity index is 1260. The second-order valence-electron chi connectivity index (χ2n) is 7.44. The normalized spacial score (nSPS) is 11.3. The molecule has 0 amide bonds. The van der Waals surface area contributed by atoms with E-state index < -0.39 is 19.8 Å². The molecule has 0 bridgehead atoms. The Morgan fingerprint density at radius 2 is 1.41 bits per heavy atom. The molecule has 3 aromatic rings. The lowest BCUT2D eigenvalue weighted by molar-refractivity contribution is 0.0488. The lowest BCUT2D eigenvalue weighted by Crippen LogP contribution is -2.09. The number of carbonyl (C=O) groups is 2. The van der Waals surface area contributed by atoms with Crippen LogP contribution in [-0.4, -0.2) is 38.4 Å². The molecule has 0 atom stereocenters. The number of esters is 2. The van der Waals surface area contributed by atoms with Gasteiger partial charge in [0.05, 0.1) is 37.6 Å². The lowest BCUT2D eigenvalue weighted by atomic mass is 10.1. The molecule has 0 aliphatic rings. The minimum absolute atomic E-state index is 0.154. The molecular weight excluding hydrogens is 555 g/mol. The van der Waals surface area contributed by atoms with Gasteiger partial charge in [-0.05, 0) is 74.7 Å². The Morgan fingerprint density at radius 1 is 0.811 bits per heavy atom. The number of unbranched alkanes of at least 4 members (excludes halogenated alkanes) is 1. The number of phosphoric ester groups is 1. The van der Waals surface area contributed by atoms with Crippen LogP contribution in [0, 0.1) is 3.82 Å². The summed E-state index contributed by atoms with van der Waals surface area (Å²) in [7, 11) is -0.402. The van der Waals surface area contributed by atoms with Crippen LogP contribution in [0.5, 0.6) is 5.75 Å². The summed E-state index contributed by atoms with van der Waals surface area (Å²) in [6.07, 6.45) is 1.02. The van der Waals surface area contributed by atoms with Crippen LogP contribution in [0.25, 0.3) is 10.4 Å². The molecule has 0 aliphatic carbocycles. The van der Waals surface area contributed by atoms with Crippen molar-refractivity contribution in [1.82, 2.24) is 0 Å². The average Bonchev–Trinajstić information content (AvgIpc) is 3.33. The van der Waals surface area contributed by atoms with Gasteiger partial charge >= 0.3 is 19.8 Å². The first-order valence-electron chi connectivity index (χ1n) is 11.6. The molecule has 2 aromatic carbocycles. The van der Waals surface area contributed by atoms with Crippen molar-refractivity contribution in [2.45, 2.75) is 26.7 Å². The maximum atomic E-state index is 12.5. The summed E-state index contributed by atoms with van der Waals surface area (Å²) < 4.78 is 39.0. The van der Waals surface area contributed by atoms with Crippen molar-refractivity contribution in [3.05, 3.63) is 69.5 Å². The predicted molar refractivity (Wildman–Crippen MR) is 146 cm³/mol. The number of hydrogen-bond donors (Lipinski definition) is 0. The molecule has 198 valence electrons. The molecule has 37 heavy (non-hydrogen) atoms. The highest BCUT2D eigenvalue weighted by Crippen LogP contribution is 2.49. The Hall–Kier alpha value is -2.24. The zero-order chi connectivity index (χ0) is 26.7. The van der Waals surface area contributed by atoms with Gasteiger partial charge in [-0.15, -0.1) is 0 Å². The molecule has 0 fully saturated rings. The second kappa shape index (κ2) is 14.6. The van der Waals surface area contributed by atoms with E-state index in [9.17, 15) is 14.2 Å². The van der Waals surface area contributed by atoms with Crippen LogP contribution < -0.4 is 4.74 Å². The smallest absolute Gasteiger partial charge is 0.462 e. The fourth-order valence-electron chi connectivity index (χ4n) is 3.02. The third-order valence-corrected chi connectivity index (χ3v) is 9.32. The summed E-state index contributed by atoms with van der Waals surface area (Å²) in [5.74, 6) is -0.688. The number of benzene rings is 2. The number of phosphoric acid groups is 1. The van der Waals surface area contributed by atoms with Crippen LogP contribution in [0.3, 0.4) is 0 Å². The molecule has 0 saturated carbocycles. The van der Waals surface area contributed by atoms with Crippen molar-refractivity contribution in [1.29, 1.82) is 0 Å². The highest BCUT2D eigenvalue weighted by molar-refractivity contribution is 7.80. The fraction of sp³-hybridized carbons (Fsp3) is 0.320. The number of carbonyl (C=O) groups excluding carboxylic acids is 2. The Kier molecular flexibility index (Phi) is 11.6. The minimum atomic E-state index is -3.53. The van der Waals surface area contributed by atoms with Gasteiger partial charge in [-0.2, -0.15) is 0 Å². The van der Waals surface area contributed by atoms with Crippen LogP contribution in [-0.2, 0) is 22.9 Å². The van der Waals surface area contributed by atoms with Crippen molar-refractivity contribution in [2.24, 2.45) is 0 Å². The van der Waals surface area contributed by atoms with E-state index >= 15 is 0 Å². The molecule has 1 heterocycles. The van der Waals surface area contributed by atoms with Gasteiger partial charge in [0.1, 0.15) is 9.57 Å². The zero-order valence-corrected chi connectivity index (χ0v) is 23.7. The summed E-state index contributed by atoms with van der Waals surface area (Å²) in [5, 5.41) is 0. The monoisotopic (exact) mass is 582 g/mol. The molecule has 0 spiro atoms. The van der Waals surface area contributed by atoms with Gasteiger partial charge in [-0.25, -0.2) is 14.2 Å². The van der Waals surface area contributed by atoms with E-state index in [-0.39, 0.29) is 26.4 Å². The van der Waals surface area contributed by atoms with E-state index in [2.05, 4.69) is 0 Å². The standard InChI is InChI=1S/C25H27O8PS3/c1-3-30-34(28,31-4-2)32-16-6-5-15-29-24(26)19-11-13-21(14-12-19)33-25(27)20-9-7-18(8-10-20)22-17-23(35)37-36-22/h7-14,17H,3-6,15-16H2,1-2H3. The van der Waals surface area contributed by atoms with Gasteiger partial charge in [0, 0.05) is 4.88 Å². The molecule has 1 aromatic heterocycles. The highest BCUT2D eigenvalue weighted by atomic mass is 32.9. The van der Waals surface area contributed by atoms with Crippen LogP contribution in [0.1, 0.15) is 47.4 Å². The van der Waals surface area contributed by atoms with Crippen molar-refractivity contribution < 1.29 is 37.2 Å². The maximum Gasteiger partial charge on any atom is 0.474 e. The third-order valence-electron chi connectivity index (χ3n) is 4.76. The van der Waals surface area contributed by atoms with Gasteiger partial charge in [0.25, 0.3) is 0 Å². The molecule has 0 saturated heterocycles. The number of ether oxygens (including phenoxy) is 2. The molecule has 0 radical (unpaired) electrons. The molecular formula is C25H27O8PS3. The van der Waals surface area contributed by atoms with E-state index in [0.717, 1.165) is 14.3 Å². The lowest BCUT2D eigenvalue weighted by Gasteiger charge is -2.16. The first-order valence-corrected chi connectivity index (χ1v) is 15.6. The van der Waals surface area contributed by atoms with Gasteiger partial charge in [0.15, 0.2) is 0 Å². The molecule has 12 heteroatoms. The second-order valence-corrected chi connectivity index (χ2v) is 12.0. The molecule has 0 N–H and O–H groups in total. The Balaban J connectivity index is 1.41. The minimum Gasteiger partial charge on any atom is -0.462 e. The van der Waals surface area contributed by atoms with E-state index in [1.165, 1.54) is 34.6 Å². The summed E-state index contributed by atoms with van der Waals surface area (Å²) in [5.41, 5.74) is 1.73. The molecule has 0 aliphatic heterocycles. The van der Waals surface area contributed by atoms with Crippen molar-refractivity contribution in [2.75, 3.05) is 26.4 Å². The first-order chi connectivity index (χ1) is 17.8. The first kappa shape index (κ1) is 29.3. The van der Waals surface area contributed by atoms with Crippen molar-refractivity contribution in [3.63, 3.8) is 0 Å². The summed E-state index contributed by atoms with van der Waals surface area (Å²) in [6.45, 7) is 4.16. The topological polar surface area (TPSA) is 97.4 Å². The SMILES string of the molecule is CCOP(=O)(OCC)OCCCCOC(=O)c1ccc(OC(=O)c2ccc(-c3cc(=S)ss3)cc2)cc1. The molecule has 0 unspecified atom stereocenters. The summed E-state index contributed by atoms with van der Waals surface area (Å²) in [4.78, 5) is 25.8. The molecule has 3 rings (SSSR count). The van der Waals surface area contributed by atoms with E-state index in [1.807, 2.05) is 18.2 Å². The fourth-order valence-corrected chi connectivity index (χ4v) is 6.64. The summed E-state index contributed by atoms with van der Waals surface area (Å²) >= 11 is 5.17. The highest BCUT2D eigenvalue weighted by Gasteiger charge is 2.24. The van der Waals surface area contributed by atoms with Gasteiger partial charge in [-0.3, -0.25) is 13.6 Å². The largest absolute Gasteiger partial charge is 0.474 e. The predicted octanol–water partition coefficient (Wildman–Crippen LogP) is 7.56. The van der Waals surface area contributed by atoms with Crippen molar-refractivity contribution >= 4 is 52.7 Å². The van der Waals surface area contributed by atoms with Crippen LogP contribution >= 0.6 is 40.7 Å². The van der Waals surface area contributed by atoms with Gasteiger partial charge in [0.2, 0.25) is 0 Å². The van der Waals surface area contributed by atoms with E-state index in [4.69, 9.17) is 35.3 Å². The van der Waals surface area contributed by atoms with Crippen LogP contribution in [0.2, 0.25) is 0 Å². The molecule has 8 nitrogen and oxygen atoms in total. The average molecular weight is 583 g/mol. The number of rotatable bonds is 14. The van der Waals surface area contributed by atoms with E-state index in [0.29, 0.717) is 29.7 Å².